The van der Waals surface area contributed by atoms with Gasteiger partial charge in [-0.25, -0.2) is 0 Å². The average Bonchev–Trinajstić information content (AvgIpc) is 1.90. The summed E-state index contributed by atoms with van der Waals surface area (Å²) in [6.07, 6.45) is 5.59. The van der Waals surface area contributed by atoms with Crippen LogP contribution in [-0.2, 0) is 39.1 Å². The molecule has 0 aromatic carbocycles. The summed E-state index contributed by atoms with van der Waals surface area (Å²) in [4.78, 5) is 3.77. The summed E-state index contributed by atoms with van der Waals surface area (Å²) in [6, 6.07) is 3.90. The average molecular weight is 195 g/mol. The topological polar surface area (TPSA) is 12.9 Å². The second-order valence-electron chi connectivity index (χ2n) is 1.65. The summed E-state index contributed by atoms with van der Waals surface area (Å²) in [6.45, 7) is 2.11. The molecule has 45 valence electrons. The van der Waals surface area contributed by atoms with E-state index in [0.29, 0.717) is 0 Å². The van der Waals surface area contributed by atoms with E-state index in [2.05, 4.69) is 18.1 Å². The van der Waals surface area contributed by atoms with Crippen LogP contribution in [0.15, 0.2) is 18.3 Å². The minimum atomic E-state index is 0. The maximum Gasteiger partial charge on any atom is 0 e. The van der Waals surface area contributed by atoms with E-state index in [-0.39, 0.29) is 32.7 Å². The maximum atomic E-state index is 3.77. The molecule has 1 heterocycles. The molecule has 0 aliphatic rings. The summed E-state index contributed by atoms with van der Waals surface area (Å²) in [7, 11) is 0. The third kappa shape index (κ3) is 3.07. The molecule has 1 nitrogen and oxygen atoms in total. The first kappa shape index (κ1) is 9.25. The van der Waals surface area contributed by atoms with Crippen LogP contribution in [0.3, 0.4) is 0 Å². The summed E-state index contributed by atoms with van der Waals surface area (Å²) >= 11 is 0. The Hall–Kier alpha value is 0.254. The Morgan fingerprint density at radius 2 is 2.44 bits per heavy atom. The molecule has 0 N–H and O–H groups in total. The SMILES string of the molecule is CCc1c[c-]ncc1.[Y]. The van der Waals surface area contributed by atoms with Gasteiger partial charge in [0.15, 0.2) is 0 Å². The molecule has 0 saturated heterocycles. The molecule has 2 heteroatoms. The summed E-state index contributed by atoms with van der Waals surface area (Å²) in [5.74, 6) is 0. The summed E-state index contributed by atoms with van der Waals surface area (Å²) in [5, 5.41) is 0. The zero-order valence-corrected chi connectivity index (χ0v) is 8.30. The van der Waals surface area contributed by atoms with Crippen molar-refractivity contribution in [3.8, 4) is 0 Å². The Kier molecular flexibility index (Phi) is 5.21. The fourth-order valence-electron chi connectivity index (χ4n) is 0.564. The normalized spacial score (nSPS) is 8.11. The van der Waals surface area contributed by atoms with Gasteiger partial charge in [-0.15, -0.1) is 0 Å². The van der Waals surface area contributed by atoms with Crippen molar-refractivity contribution in [1.82, 2.24) is 4.98 Å². The zero-order chi connectivity index (χ0) is 5.82. The molecule has 1 aromatic heterocycles. The van der Waals surface area contributed by atoms with E-state index in [0.717, 1.165) is 6.42 Å². The number of nitrogens with zero attached hydrogens (tertiary/aromatic N) is 1. The third-order valence-corrected chi connectivity index (χ3v) is 1.10. The molecule has 0 aliphatic carbocycles. The first-order chi connectivity index (χ1) is 3.93. The van der Waals surface area contributed by atoms with E-state index in [4.69, 9.17) is 0 Å². The van der Waals surface area contributed by atoms with Crippen molar-refractivity contribution in [2.75, 3.05) is 0 Å². The molecule has 0 amide bonds. The number of hydrogen-bond donors (Lipinski definition) is 0. The van der Waals surface area contributed by atoms with Crippen molar-refractivity contribution in [3.63, 3.8) is 0 Å². The largest absolute Gasteiger partial charge is 0.394 e. The number of aryl methyl sites for hydroxylation is 1. The number of hydrogen-bond acceptors (Lipinski definition) is 1. The maximum absolute atomic E-state index is 3.77. The smallest absolute Gasteiger partial charge is 0 e. The van der Waals surface area contributed by atoms with E-state index in [1.807, 2.05) is 12.1 Å². The van der Waals surface area contributed by atoms with Crippen molar-refractivity contribution in [1.29, 1.82) is 0 Å². The van der Waals surface area contributed by atoms with Gasteiger partial charge in [0, 0.05) is 32.7 Å². The van der Waals surface area contributed by atoms with Crippen LogP contribution in [0.1, 0.15) is 12.5 Å². The van der Waals surface area contributed by atoms with Crippen LogP contribution in [0, 0.1) is 6.20 Å². The van der Waals surface area contributed by atoms with Crippen LogP contribution in [-0.4, -0.2) is 4.98 Å². The zero-order valence-electron chi connectivity index (χ0n) is 5.46. The second kappa shape index (κ2) is 5.07. The van der Waals surface area contributed by atoms with Crippen LogP contribution >= 0.6 is 0 Å². The van der Waals surface area contributed by atoms with Crippen molar-refractivity contribution in [2.24, 2.45) is 0 Å². The van der Waals surface area contributed by atoms with Gasteiger partial charge in [-0.1, -0.05) is 25.7 Å². The van der Waals surface area contributed by atoms with E-state index in [9.17, 15) is 0 Å². The van der Waals surface area contributed by atoms with Gasteiger partial charge in [0.1, 0.15) is 0 Å². The molecule has 9 heavy (non-hydrogen) atoms. The van der Waals surface area contributed by atoms with E-state index in [1.165, 1.54) is 5.56 Å². The fourth-order valence-corrected chi connectivity index (χ4v) is 0.564. The van der Waals surface area contributed by atoms with Crippen molar-refractivity contribution < 1.29 is 32.7 Å². The van der Waals surface area contributed by atoms with Crippen LogP contribution in [0.2, 0.25) is 0 Å². The second-order valence-corrected chi connectivity index (χ2v) is 1.65. The van der Waals surface area contributed by atoms with Crippen LogP contribution < -0.4 is 0 Å². The van der Waals surface area contributed by atoms with Crippen molar-refractivity contribution in [2.45, 2.75) is 13.3 Å². The first-order valence-electron chi connectivity index (χ1n) is 2.74. The Morgan fingerprint density at radius 1 is 1.67 bits per heavy atom. The Bertz CT molecular complexity index is 150. The predicted octanol–water partition coefficient (Wildman–Crippen LogP) is 1.44. The molecule has 1 aromatic rings. The van der Waals surface area contributed by atoms with Crippen LogP contribution in [0.5, 0.6) is 0 Å². The summed E-state index contributed by atoms with van der Waals surface area (Å²) < 4.78 is 0. The predicted molar refractivity (Wildman–Crippen MR) is 32.5 cm³/mol. The Balaban J connectivity index is 0.000000640. The van der Waals surface area contributed by atoms with Crippen LogP contribution in [0.25, 0.3) is 0 Å². The number of aromatic nitrogens is 1. The van der Waals surface area contributed by atoms with Crippen LogP contribution in [0.4, 0.5) is 0 Å². The van der Waals surface area contributed by atoms with E-state index < -0.39 is 0 Å². The molecular formula is C7H8NY-. The van der Waals surface area contributed by atoms with Gasteiger partial charge in [0.25, 0.3) is 0 Å². The molecule has 0 bridgehead atoms. The molecule has 0 saturated carbocycles. The van der Waals surface area contributed by atoms with Crippen molar-refractivity contribution >= 4 is 0 Å². The molecular weight excluding hydrogens is 187 g/mol. The van der Waals surface area contributed by atoms with E-state index in [1.54, 1.807) is 6.20 Å². The molecule has 0 aliphatic heterocycles. The van der Waals surface area contributed by atoms with Gasteiger partial charge < -0.3 is 4.98 Å². The van der Waals surface area contributed by atoms with Gasteiger partial charge in [-0.2, -0.15) is 17.7 Å². The van der Waals surface area contributed by atoms with E-state index >= 15 is 0 Å². The Morgan fingerprint density at radius 3 is 2.78 bits per heavy atom. The molecule has 1 rings (SSSR count). The monoisotopic (exact) mass is 195 g/mol. The fraction of sp³-hybridized carbons (Fsp3) is 0.286. The molecule has 1 radical (unpaired) electrons. The number of rotatable bonds is 1. The van der Waals surface area contributed by atoms with Gasteiger partial charge in [0.2, 0.25) is 0 Å². The van der Waals surface area contributed by atoms with Gasteiger partial charge in [0.05, 0.1) is 0 Å². The molecule has 0 spiro atoms. The summed E-state index contributed by atoms with van der Waals surface area (Å²) in [5.41, 5.74) is 1.29. The molecule has 0 atom stereocenters. The standard InChI is InChI=1S/C7H8N.Y/c1-2-7-3-5-8-6-4-7;/h3-5H,2H2,1H3;/q-1;. The van der Waals surface area contributed by atoms with Gasteiger partial charge >= 0.3 is 0 Å². The van der Waals surface area contributed by atoms with Crippen molar-refractivity contribution in [3.05, 3.63) is 30.1 Å². The minimum absolute atomic E-state index is 0. The Labute approximate surface area is 80.8 Å². The first-order valence-corrected chi connectivity index (χ1v) is 2.74. The number of pyridine rings is 1. The third-order valence-electron chi connectivity index (χ3n) is 1.10. The minimum Gasteiger partial charge on any atom is -0.394 e. The molecule has 0 unspecified atom stereocenters. The molecule has 0 fully saturated rings. The quantitative estimate of drug-likeness (QED) is 0.618. The van der Waals surface area contributed by atoms with Gasteiger partial charge in [-0.05, 0) is 0 Å². The van der Waals surface area contributed by atoms with Gasteiger partial charge in [-0.3, -0.25) is 0 Å².